The van der Waals surface area contributed by atoms with E-state index in [2.05, 4.69) is 24.4 Å². The smallest absolute Gasteiger partial charge is 0.119 e. The average Bonchev–Trinajstić information content (AvgIpc) is 2.54. The molecule has 118 valence electrons. The third-order valence-corrected chi connectivity index (χ3v) is 3.53. The highest BCUT2D eigenvalue weighted by Gasteiger charge is 2.13. The van der Waals surface area contributed by atoms with E-state index in [1.807, 2.05) is 12.1 Å². The lowest BCUT2D eigenvalue weighted by molar-refractivity contribution is -0.0864. The maximum Gasteiger partial charge on any atom is 0.119 e. The number of nitrogens with one attached hydrogen (secondary N) is 1. The first-order chi connectivity index (χ1) is 10.4. The van der Waals surface area contributed by atoms with Crippen LogP contribution in [0.3, 0.4) is 0 Å². The second-order valence-corrected chi connectivity index (χ2v) is 5.40. The Balaban J connectivity index is 1.62. The van der Waals surface area contributed by atoms with Gasteiger partial charge in [0, 0.05) is 13.1 Å². The zero-order valence-corrected chi connectivity index (χ0v) is 13.0. The van der Waals surface area contributed by atoms with Gasteiger partial charge >= 0.3 is 0 Å². The van der Waals surface area contributed by atoms with E-state index in [0.29, 0.717) is 13.2 Å². The quantitative estimate of drug-likeness (QED) is 0.711. The SMILES string of the molecule is CCCCCOc1ccc(CNCC2COCCO2)cc1. The zero-order valence-electron chi connectivity index (χ0n) is 13.0. The second-order valence-electron chi connectivity index (χ2n) is 5.40. The van der Waals surface area contributed by atoms with Gasteiger partial charge < -0.3 is 19.5 Å². The lowest BCUT2D eigenvalue weighted by Gasteiger charge is -2.23. The number of unbranched alkanes of at least 4 members (excludes halogenated alkanes) is 2. The molecule has 21 heavy (non-hydrogen) atoms. The van der Waals surface area contributed by atoms with Gasteiger partial charge in [0.25, 0.3) is 0 Å². The summed E-state index contributed by atoms with van der Waals surface area (Å²) in [5, 5.41) is 3.40. The van der Waals surface area contributed by atoms with Crippen molar-refractivity contribution in [3.63, 3.8) is 0 Å². The summed E-state index contributed by atoms with van der Waals surface area (Å²) in [4.78, 5) is 0. The molecule has 0 aliphatic carbocycles. The van der Waals surface area contributed by atoms with Gasteiger partial charge in [-0.3, -0.25) is 0 Å². The van der Waals surface area contributed by atoms with E-state index in [-0.39, 0.29) is 6.10 Å². The van der Waals surface area contributed by atoms with Crippen molar-refractivity contribution in [2.45, 2.75) is 38.8 Å². The largest absolute Gasteiger partial charge is 0.494 e. The standard InChI is InChI=1S/C17H27NO3/c1-2-3-4-9-20-16-7-5-15(6-8-16)12-18-13-17-14-19-10-11-21-17/h5-8,17-18H,2-4,9-14H2,1H3. The van der Waals surface area contributed by atoms with Crippen molar-refractivity contribution < 1.29 is 14.2 Å². The maximum atomic E-state index is 5.71. The van der Waals surface area contributed by atoms with Crippen LogP contribution in [0.1, 0.15) is 31.7 Å². The Hall–Kier alpha value is -1.10. The normalized spacial score (nSPS) is 18.6. The Morgan fingerprint density at radius 2 is 2.05 bits per heavy atom. The molecular weight excluding hydrogens is 266 g/mol. The lowest BCUT2D eigenvalue weighted by atomic mass is 10.2. The predicted octanol–water partition coefficient (Wildman–Crippen LogP) is 2.76. The van der Waals surface area contributed by atoms with E-state index in [9.17, 15) is 0 Å². The van der Waals surface area contributed by atoms with Crippen molar-refractivity contribution in [2.24, 2.45) is 0 Å². The van der Waals surface area contributed by atoms with Crippen molar-refractivity contribution in [3.8, 4) is 5.75 Å². The highest BCUT2D eigenvalue weighted by molar-refractivity contribution is 5.27. The summed E-state index contributed by atoms with van der Waals surface area (Å²) in [5.74, 6) is 0.957. The molecule has 0 bridgehead atoms. The highest BCUT2D eigenvalue weighted by atomic mass is 16.6. The van der Waals surface area contributed by atoms with Crippen LogP contribution in [0.5, 0.6) is 5.75 Å². The molecule has 1 atom stereocenters. The second kappa shape index (κ2) is 9.77. The van der Waals surface area contributed by atoms with Gasteiger partial charge in [-0.1, -0.05) is 31.9 Å². The number of ether oxygens (including phenoxy) is 3. The molecule has 1 unspecified atom stereocenters. The first kappa shape index (κ1) is 16.3. The molecule has 4 nitrogen and oxygen atoms in total. The summed E-state index contributed by atoms with van der Waals surface area (Å²) in [5.41, 5.74) is 1.26. The molecule has 0 aromatic heterocycles. The molecule has 0 saturated carbocycles. The molecule has 1 aromatic rings. The Morgan fingerprint density at radius 1 is 1.19 bits per heavy atom. The fourth-order valence-electron chi connectivity index (χ4n) is 2.28. The van der Waals surface area contributed by atoms with Gasteiger partial charge in [-0.05, 0) is 24.1 Å². The molecule has 1 aromatic carbocycles. The summed E-state index contributed by atoms with van der Waals surface area (Å²) in [6.07, 6.45) is 3.77. The summed E-state index contributed by atoms with van der Waals surface area (Å²) in [7, 11) is 0. The molecular formula is C17H27NO3. The molecule has 1 N–H and O–H groups in total. The van der Waals surface area contributed by atoms with Crippen LogP contribution in [0.15, 0.2) is 24.3 Å². The predicted molar refractivity (Wildman–Crippen MR) is 83.7 cm³/mol. The molecule has 0 amide bonds. The molecule has 4 heteroatoms. The molecule has 1 saturated heterocycles. The number of hydrogen-bond acceptors (Lipinski definition) is 4. The van der Waals surface area contributed by atoms with E-state index in [4.69, 9.17) is 14.2 Å². The van der Waals surface area contributed by atoms with Crippen LogP contribution in [-0.4, -0.2) is 39.1 Å². The van der Waals surface area contributed by atoms with E-state index >= 15 is 0 Å². The van der Waals surface area contributed by atoms with E-state index < -0.39 is 0 Å². The van der Waals surface area contributed by atoms with Crippen LogP contribution in [0.4, 0.5) is 0 Å². The van der Waals surface area contributed by atoms with Crippen LogP contribution in [0.25, 0.3) is 0 Å². The van der Waals surface area contributed by atoms with Gasteiger partial charge in [-0.15, -0.1) is 0 Å². The van der Waals surface area contributed by atoms with Crippen LogP contribution >= 0.6 is 0 Å². The van der Waals surface area contributed by atoms with Gasteiger partial charge in [0.2, 0.25) is 0 Å². The first-order valence-corrected chi connectivity index (χ1v) is 8.00. The molecule has 1 aliphatic heterocycles. The van der Waals surface area contributed by atoms with Gasteiger partial charge in [-0.25, -0.2) is 0 Å². The Bertz CT molecular complexity index is 374. The molecule has 0 radical (unpaired) electrons. The molecule has 1 fully saturated rings. The zero-order chi connectivity index (χ0) is 14.8. The van der Waals surface area contributed by atoms with Gasteiger partial charge in [0.1, 0.15) is 5.75 Å². The minimum absolute atomic E-state index is 0.180. The Morgan fingerprint density at radius 3 is 2.76 bits per heavy atom. The maximum absolute atomic E-state index is 5.71. The molecule has 0 spiro atoms. The van der Waals surface area contributed by atoms with Crippen LogP contribution in [0, 0.1) is 0 Å². The van der Waals surface area contributed by atoms with Crippen LogP contribution in [-0.2, 0) is 16.0 Å². The number of rotatable bonds is 9. The van der Waals surface area contributed by atoms with E-state index in [1.54, 1.807) is 0 Å². The van der Waals surface area contributed by atoms with Crippen molar-refractivity contribution in [1.82, 2.24) is 5.32 Å². The topological polar surface area (TPSA) is 39.7 Å². The van der Waals surface area contributed by atoms with Crippen molar-refractivity contribution in [1.29, 1.82) is 0 Å². The van der Waals surface area contributed by atoms with Crippen LogP contribution < -0.4 is 10.1 Å². The number of benzene rings is 1. The minimum atomic E-state index is 0.180. The number of hydrogen-bond donors (Lipinski definition) is 1. The van der Waals surface area contributed by atoms with Gasteiger partial charge in [0.15, 0.2) is 0 Å². The monoisotopic (exact) mass is 293 g/mol. The Labute approximate surface area is 127 Å². The van der Waals surface area contributed by atoms with Crippen LogP contribution in [0.2, 0.25) is 0 Å². The molecule has 2 rings (SSSR count). The fourth-order valence-corrected chi connectivity index (χ4v) is 2.28. The van der Waals surface area contributed by atoms with Gasteiger partial charge in [0.05, 0.1) is 32.5 Å². The fraction of sp³-hybridized carbons (Fsp3) is 0.647. The highest BCUT2D eigenvalue weighted by Crippen LogP contribution is 2.13. The molecule has 1 aliphatic rings. The van der Waals surface area contributed by atoms with E-state index in [0.717, 1.165) is 38.5 Å². The molecule has 1 heterocycles. The summed E-state index contributed by atoms with van der Waals surface area (Å²) < 4.78 is 16.7. The van der Waals surface area contributed by atoms with Crippen molar-refractivity contribution >= 4 is 0 Å². The third kappa shape index (κ3) is 6.46. The third-order valence-electron chi connectivity index (χ3n) is 3.53. The lowest BCUT2D eigenvalue weighted by Crippen LogP contribution is -2.37. The van der Waals surface area contributed by atoms with E-state index in [1.165, 1.54) is 18.4 Å². The Kier molecular flexibility index (Phi) is 7.57. The summed E-state index contributed by atoms with van der Waals surface area (Å²) in [6.45, 7) is 6.80. The summed E-state index contributed by atoms with van der Waals surface area (Å²) >= 11 is 0. The minimum Gasteiger partial charge on any atom is -0.494 e. The van der Waals surface area contributed by atoms with Gasteiger partial charge in [-0.2, -0.15) is 0 Å². The average molecular weight is 293 g/mol. The summed E-state index contributed by atoms with van der Waals surface area (Å²) in [6, 6.07) is 8.31. The van der Waals surface area contributed by atoms with Crippen molar-refractivity contribution in [3.05, 3.63) is 29.8 Å². The first-order valence-electron chi connectivity index (χ1n) is 8.00. The van der Waals surface area contributed by atoms with Crippen molar-refractivity contribution in [2.75, 3.05) is 33.0 Å².